The van der Waals surface area contributed by atoms with Crippen LogP contribution in [0.5, 0.6) is 0 Å². The van der Waals surface area contributed by atoms with Gasteiger partial charge in [-0.25, -0.2) is 0 Å². The number of esters is 1. The van der Waals surface area contributed by atoms with Gasteiger partial charge in [-0.2, -0.15) is 0 Å². The maximum absolute atomic E-state index is 13.0. The standard InChI is InChI=1S/C16H20O3S/c1-15(2)13(17)16(8-4-3-5-9-16)12(19-14(15)18)11-7-6-10-20-11/h6-7,10,12H,3-5,8-9H2,1-2H3/t12-/m1/s1. The lowest BCUT2D eigenvalue weighted by Crippen LogP contribution is -2.55. The average molecular weight is 292 g/mol. The quantitative estimate of drug-likeness (QED) is 0.582. The molecule has 108 valence electrons. The molecular formula is C16H20O3S. The SMILES string of the molecule is CC1(C)C(=O)O[C@H](c2cccs2)C2(CCCCC2)C1=O. The molecule has 1 aliphatic heterocycles. The van der Waals surface area contributed by atoms with Crippen LogP contribution in [0.4, 0.5) is 0 Å². The molecule has 0 aromatic carbocycles. The summed E-state index contributed by atoms with van der Waals surface area (Å²) in [6.45, 7) is 3.41. The second kappa shape index (κ2) is 4.69. The lowest BCUT2D eigenvalue weighted by molar-refractivity contribution is -0.192. The van der Waals surface area contributed by atoms with Crippen LogP contribution < -0.4 is 0 Å². The fourth-order valence-corrected chi connectivity index (χ4v) is 4.51. The predicted molar refractivity (Wildman–Crippen MR) is 77.5 cm³/mol. The Morgan fingerprint density at radius 3 is 2.50 bits per heavy atom. The summed E-state index contributed by atoms with van der Waals surface area (Å²) in [4.78, 5) is 26.3. The molecule has 1 saturated carbocycles. The Kier molecular flexibility index (Phi) is 3.24. The summed E-state index contributed by atoms with van der Waals surface area (Å²) >= 11 is 1.57. The van der Waals surface area contributed by atoms with Gasteiger partial charge in [0, 0.05) is 4.88 Å². The maximum atomic E-state index is 13.0. The normalized spacial score (nSPS) is 28.4. The summed E-state index contributed by atoms with van der Waals surface area (Å²) in [5, 5.41) is 1.98. The first-order valence-electron chi connectivity index (χ1n) is 7.28. The zero-order valence-electron chi connectivity index (χ0n) is 12.0. The van der Waals surface area contributed by atoms with Crippen LogP contribution in [0.1, 0.15) is 56.9 Å². The van der Waals surface area contributed by atoms with Gasteiger partial charge in [0.1, 0.15) is 11.5 Å². The lowest BCUT2D eigenvalue weighted by atomic mass is 9.59. The monoisotopic (exact) mass is 292 g/mol. The van der Waals surface area contributed by atoms with Crippen LogP contribution in [0.25, 0.3) is 0 Å². The van der Waals surface area contributed by atoms with Gasteiger partial charge in [0.2, 0.25) is 0 Å². The Hall–Kier alpha value is -1.16. The molecule has 1 aromatic rings. The van der Waals surface area contributed by atoms with Crippen LogP contribution in [-0.4, -0.2) is 11.8 Å². The molecule has 1 aliphatic carbocycles. The Morgan fingerprint density at radius 2 is 1.90 bits per heavy atom. The molecule has 0 radical (unpaired) electrons. The van der Waals surface area contributed by atoms with Gasteiger partial charge in [-0.05, 0) is 38.1 Å². The third kappa shape index (κ3) is 1.85. The zero-order chi connectivity index (χ0) is 14.4. The van der Waals surface area contributed by atoms with Gasteiger partial charge in [-0.15, -0.1) is 11.3 Å². The molecule has 1 atom stereocenters. The van der Waals surface area contributed by atoms with Gasteiger partial charge < -0.3 is 4.74 Å². The van der Waals surface area contributed by atoms with Crippen LogP contribution in [0.2, 0.25) is 0 Å². The van der Waals surface area contributed by atoms with Crippen molar-refractivity contribution in [2.45, 2.75) is 52.1 Å². The van der Waals surface area contributed by atoms with Gasteiger partial charge in [-0.3, -0.25) is 9.59 Å². The van der Waals surface area contributed by atoms with Gasteiger partial charge in [0.05, 0.1) is 5.41 Å². The van der Waals surface area contributed by atoms with Crippen molar-refractivity contribution < 1.29 is 14.3 Å². The van der Waals surface area contributed by atoms with Crippen molar-refractivity contribution in [2.75, 3.05) is 0 Å². The summed E-state index contributed by atoms with van der Waals surface area (Å²) in [5.41, 5.74) is -1.51. The smallest absolute Gasteiger partial charge is 0.319 e. The highest BCUT2D eigenvalue weighted by Gasteiger charge is 2.60. The van der Waals surface area contributed by atoms with Crippen molar-refractivity contribution in [3.8, 4) is 0 Å². The molecule has 20 heavy (non-hydrogen) atoms. The molecule has 1 aromatic heterocycles. The molecule has 3 nitrogen and oxygen atoms in total. The van der Waals surface area contributed by atoms with E-state index < -0.39 is 10.8 Å². The molecular weight excluding hydrogens is 272 g/mol. The predicted octanol–water partition coefficient (Wildman–Crippen LogP) is 3.89. The minimum absolute atomic E-state index is 0.0827. The number of carbonyl (C=O) groups is 2. The molecule has 1 spiro atoms. The van der Waals surface area contributed by atoms with E-state index in [0.717, 1.165) is 30.6 Å². The van der Waals surface area contributed by atoms with Gasteiger partial charge >= 0.3 is 5.97 Å². The van der Waals surface area contributed by atoms with Crippen LogP contribution in [0.3, 0.4) is 0 Å². The number of hydrogen-bond donors (Lipinski definition) is 0. The van der Waals surface area contributed by atoms with Gasteiger partial charge in [-0.1, -0.05) is 25.3 Å². The fourth-order valence-electron chi connectivity index (χ4n) is 3.64. The van der Waals surface area contributed by atoms with E-state index >= 15 is 0 Å². The number of ketones is 1. The number of Topliss-reactive ketones (excluding diaryl/α,β-unsaturated/α-hetero) is 1. The summed E-state index contributed by atoms with van der Waals surface area (Å²) in [7, 11) is 0. The first-order chi connectivity index (χ1) is 9.48. The number of ether oxygens (including phenoxy) is 1. The number of thiophene rings is 1. The van der Waals surface area contributed by atoms with E-state index in [1.54, 1.807) is 25.2 Å². The number of carbonyl (C=O) groups excluding carboxylic acids is 2. The Balaban J connectivity index is 2.08. The highest BCUT2D eigenvalue weighted by Crippen LogP contribution is 2.56. The van der Waals surface area contributed by atoms with E-state index in [9.17, 15) is 9.59 Å². The molecule has 2 aliphatic rings. The van der Waals surface area contributed by atoms with Crippen molar-refractivity contribution in [1.82, 2.24) is 0 Å². The summed E-state index contributed by atoms with van der Waals surface area (Å²) in [6.07, 6.45) is 4.55. The van der Waals surface area contributed by atoms with Crippen molar-refractivity contribution >= 4 is 23.1 Å². The van der Waals surface area contributed by atoms with Gasteiger partial charge in [0.15, 0.2) is 5.78 Å². The van der Waals surface area contributed by atoms with Crippen molar-refractivity contribution in [2.24, 2.45) is 10.8 Å². The van der Waals surface area contributed by atoms with Crippen molar-refractivity contribution in [1.29, 1.82) is 0 Å². The molecule has 3 rings (SSSR count). The zero-order valence-corrected chi connectivity index (χ0v) is 12.8. The first kappa shape index (κ1) is 13.8. The lowest BCUT2D eigenvalue weighted by Gasteiger charge is -2.48. The fraction of sp³-hybridized carbons (Fsp3) is 0.625. The second-order valence-electron chi connectivity index (χ2n) is 6.47. The third-order valence-electron chi connectivity index (χ3n) is 4.80. The Labute approximate surface area is 123 Å². The Morgan fingerprint density at radius 1 is 1.20 bits per heavy atom. The summed E-state index contributed by atoms with van der Waals surface area (Å²) in [5.74, 6) is -0.295. The van der Waals surface area contributed by atoms with E-state index in [2.05, 4.69) is 0 Å². The number of rotatable bonds is 1. The van der Waals surface area contributed by atoms with Crippen molar-refractivity contribution in [3.63, 3.8) is 0 Å². The summed E-state index contributed by atoms with van der Waals surface area (Å²) in [6, 6.07) is 3.93. The minimum Gasteiger partial charge on any atom is -0.455 e. The van der Waals surface area contributed by atoms with E-state index in [0.29, 0.717) is 0 Å². The van der Waals surface area contributed by atoms with Crippen LogP contribution >= 0.6 is 11.3 Å². The number of cyclic esters (lactones) is 1. The van der Waals surface area contributed by atoms with E-state index in [4.69, 9.17) is 4.74 Å². The first-order valence-corrected chi connectivity index (χ1v) is 8.16. The van der Waals surface area contributed by atoms with Crippen LogP contribution in [0, 0.1) is 10.8 Å². The van der Waals surface area contributed by atoms with Crippen LogP contribution in [0.15, 0.2) is 17.5 Å². The molecule has 4 heteroatoms. The molecule has 2 fully saturated rings. The molecule has 0 N–H and O–H groups in total. The molecule has 2 heterocycles. The maximum Gasteiger partial charge on any atom is 0.319 e. The van der Waals surface area contributed by atoms with E-state index in [-0.39, 0.29) is 17.9 Å². The van der Waals surface area contributed by atoms with Crippen LogP contribution in [-0.2, 0) is 14.3 Å². The largest absolute Gasteiger partial charge is 0.455 e. The average Bonchev–Trinajstić information content (AvgIpc) is 2.96. The molecule has 1 saturated heterocycles. The topological polar surface area (TPSA) is 43.4 Å². The molecule has 0 bridgehead atoms. The van der Waals surface area contributed by atoms with Crippen molar-refractivity contribution in [3.05, 3.63) is 22.4 Å². The molecule has 0 amide bonds. The minimum atomic E-state index is -1.01. The van der Waals surface area contributed by atoms with Gasteiger partial charge in [0.25, 0.3) is 0 Å². The third-order valence-corrected chi connectivity index (χ3v) is 5.72. The molecule has 0 unspecified atom stereocenters. The second-order valence-corrected chi connectivity index (χ2v) is 7.45. The van der Waals surface area contributed by atoms with E-state index in [1.807, 2.05) is 17.5 Å². The Bertz CT molecular complexity index is 524. The highest BCUT2D eigenvalue weighted by molar-refractivity contribution is 7.10. The number of hydrogen-bond acceptors (Lipinski definition) is 4. The highest BCUT2D eigenvalue weighted by atomic mass is 32.1. The summed E-state index contributed by atoms with van der Waals surface area (Å²) < 4.78 is 5.76. The van der Waals surface area contributed by atoms with E-state index in [1.165, 1.54) is 6.42 Å².